The average molecular weight is 545 g/mol. The zero-order valence-corrected chi connectivity index (χ0v) is 24.8. The first-order valence-electron chi connectivity index (χ1n) is 13.8. The SMILES string of the molecule is CC(C)(C)OC(=O)C(CCCCCOC[C@H]1O[C@@H]2OC(C)(C)O[C@@H]2[C@H]2OC(C)(C)O[C@H]21)C(=O)OC(C)(C)C. The predicted octanol–water partition coefficient (Wildman–Crippen LogP) is 4.26. The minimum absolute atomic E-state index is 0.309. The third-order valence-electron chi connectivity index (χ3n) is 6.20. The van der Waals surface area contributed by atoms with E-state index in [0.29, 0.717) is 26.1 Å². The third-order valence-corrected chi connectivity index (χ3v) is 6.20. The van der Waals surface area contributed by atoms with Crippen molar-refractivity contribution in [3.05, 3.63) is 0 Å². The maximum Gasteiger partial charge on any atom is 0.320 e. The summed E-state index contributed by atoms with van der Waals surface area (Å²) in [5, 5.41) is 0. The number of ether oxygens (including phenoxy) is 8. The second-order valence-corrected chi connectivity index (χ2v) is 13.3. The Hall–Kier alpha value is -1.30. The van der Waals surface area contributed by atoms with E-state index >= 15 is 0 Å². The molecule has 3 rings (SSSR count). The van der Waals surface area contributed by atoms with Crippen molar-refractivity contribution in [3.8, 4) is 0 Å². The molecule has 10 nitrogen and oxygen atoms in total. The highest BCUT2D eigenvalue weighted by molar-refractivity contribution is 5.95. The maximum absolute atomic E-state index is 12.7. The summed E-state index contributed by atoms with van der Waals surface area (Å²) in [6.07, 6.45) is 0.654. The lowest BCUT2D eigenvalue weighted by Gasteiger charge is -2.37. The van der Waals surface area contributed by atoms with Crippen LogP contribution in [0.5, 0.6) is 0 Å². The van der Waals surface area contributed by atoms with E-state index in [1.807, 2.05) is 27.7 Å². The highest BCUT2D eigenvalue weighted by Crippen LogP contribution is 2.44. The van der Waals surface area contributed by atoms with Gasteiger partial charge in [-0.3, -0.25) is 9.59 Å². The van der Waals surface area contributed by atoms with E-state index in [1.54, 1.807) is 41.5 Å². The molecule has 220 valence electrons. The van der Waals surface area contributed by atoms with Gasteiger partial charge in [0, 0.05) is 6.61 Å². The molecule has 10 heteroatoms. The quantitative estimate of drug-likeness (QED) is 0.225. The number of fused-ring (bicyclic) bond motifs is 3. The standard InChI is InChI=1S/C28H48O10/c1-25(2,3)36-22(29)17(23(30)37-26(4,5)6)14-12-11-13-15-31-16-18-19-20(34-27(7,8)33-19)21-24(32-18)38-28(9,10)35-21/h17-21,24H,11-16H2,1-10H3/t18-,19+,20+,21-,24-/m1/s1. The van der Waals surface area contributed by atoms with Crippen molar-refractivity contribution in [3.63, 3.8) is 0 Å². The van der Waals surface area contributed by atoms with E-state index in [-0.39, 0.29) is 24.4 Å². The molecule has 3 heterocycles. The highest BCUT2D eigenvalue weighted by atomic mass is 16.9. The summed E-state index contributed by atoms with van der Waals surface area (Å²) in [5.41, 5.74) is -1.36. The Morgan fingerprint density at radius 2 is 1.26 bits per heavy atom. The Bertz CT molecular complexity index is 796. The molecule has 5 atom stereocenters. The van der Waals surface area contributed by atoms with Gasteiger partial charge in [-0.25, -0.2) is 0 Å². The summed E-state index contributed by atoms with van der Waals surface area (Å²) in [6, 6.07) is 0. The lowest BCUT2D eigenvalue weighted by atomic mass is 9.99. The van der Waals surface area contributed by atoms with Crippen LogP contribution in [0, 0.1) is 5.92 Å². The van der Waals surface area contributed by atoms with Crippen molar-refractivity contribution in [2.24, 2.45) is 5.92 Å². The number of unbranched alkanes of at least 4 members (excludes halogenated alkanes) is 2. The van der Waals surface area contributed by atoms with Crippen LogP contribution in [0.4, 0.5) is 0 Å². The van der Waals surface area contributed by atoms with Crippen LogP contribution in [-0.2, 0) is 47.5 Å². The van der Waals surface area contributed by atoms with Crippen molar-refractivity contribution in [2.75, 3.05) is 13.2 Å². The van der Waals surface area contributed by atoms with E-state index < -0.39 is 46.9 Å². The topological polar surface area (TPSA) is 108 Å². The Balaban J connectivity index is 1.44. The molecule has 0 amide bonds. The monoisotopic (exact) mass is 544 g/mol. The first-order chi connectivity index (χ1) is 17.4. The fourth-order valence-electron chi connectivity index (χ4n) is 4.83. The predicted molar refractivity (Wildman–Crippen MR) is 137 cm³/mol. The minimum Gasteiger partial charge on any atom is -0.459 e. The lowest BCUT2D eigenvalue weighted by molar-refractivity contribution is -0.243. The number of hydrogen-bond donors (Lipinski definition) is 0. The largest absolute Gasteiger partial charge is 0.459 e. The zero-order valence-electron chi connectivity index (χ0n) is 24.8. The van der Waals surface area contributed by atoms with Crippen molar-refractivity contribution in [2.45, 2.75) is 148 Å². The van der Waals surface area contributed by atoms with E-state index in [1.165, 1.54) is 0 Å². The van der Waals surface area contributed by atoms with Gasteiger partial charge in [0.25, 0.3) is 0 Å². The molecular formula is C28H48O10. The second kappa shape index (κ2) is 11.7. The molecule has 0 aromatic heterocycles. The molecule has 3 aliphatic rings. The molecule has 0 radical (unpaired) electrons. The van der Waals surface area contributed by atoms with Crippen LogP contribution in [0.2, 0.25) is 0 Å². The number of hydrogen-bond acceptors (Lipinski definition) is 10. The van der Waals surface area contributed by atoms with Crippen LogP contribution in [0.25, 0.3) is 0 Å². The molecule has 38 heavy (non-hydrogen) atoms. The molecule has 0 unspecified atom stereocenters. The fourth-order valence-corrected chi connectivity index (χ4v) is 4.83. The van der Waals surface area contributed by atoms with Gasteiger partial charge in [-0.05, 0) is 82.1 Å². The van der Waals surface area contributed by atoms with Gasteiger partial charge in [0.2, 0.25) is 0 Å². The van der Waals surface area contributed by atoms with Crippen LogP contribution in [0.3, 0.4) is 0 Å². The molecule has 0 bridgehead atoms. The summed E-state index contributed by atoms with van der Waals surface area (Å²) in [5.74, 6) is -3.56. The molecule has 0 spiro atoms. The molecule has 0 aromatic rings. The number of esters is 2. The van der Waals surface area contributed by atoms with Gasteiger partial charge in [-0.1, -0.05) is 12.8 Å². The first kappa shape index (κ1) is 31.2. The van der Waals surface area contributed by atoms with E-state index in [2.05, 4.69) is 0 Å². The minimum atomic E-state index is -0.948. The molecule has 0 N–H and O–H groups in total. The third kappa shape index (κ3) is 8.86. The van der Waals surface area contributed by atoms with Crippen molar-refractivity contribution in [1.29, 1.82) is 0 Å². The van der Waals surface area contributed by atoms with Crippen LogP contribution in [-0.4, -0.2) is 78.6 Å². The van der Waals surface area contributed by atoms with E-state index in [9.17, 15) is 9.59 Å². The van der Waals surface area contributed by atoms with Gasteiger partial charge in [0.1, 0.15) is 35.6 Å². The highest BCUT2D eigenvalue weighted by Gasteiger charge is 2.60. The van der Waals surface area contributed by atoms with Gasteiger partial charge in [0.15, 0.2) is 23.8 Å². The molecule has 0 aromatic carbocycles. The lowest BCUT2D eigenvalue weighted by Crippen LogP contribution is -2.56. The maximum atomic E-state index is 12.7. The van der Waals surface area contributed by atoms with Crippen LogP contribution in [0.1, 0.15) is 94.9 Å². The average Bonchev–Trinajstić information content (AvgIpc) is 3.21. The Labute approximate surface area is 227 Å². The smallest absolute Gasteiger partial charge is 0.320 e. The molecule has 0 saturated carbocycles. The van der Waals surface area contributed by atoms with Crippen molar-refractivity contribution < 1.29 is 47.5 Å². The van der Waals surface area contributed by atoms with Crippen LogP contribution in [0.15, 0.2) is 0 Å². The molecule has 3 fully saturated rings. The Morgan fingerprint density at radius 3 is 1.84 bits per heavy atom. The Kier molecular flexibility index (Phi) is 9.59. The van der Waals surface area contributed by atoms with Crippen LogP contribution >= 0.6 is 0 Å². The summed E-state index contributed by atoms with van der Waals surface area (Å²) < 4.78 is 47.3. The number of carbonyl (C=O) groups excluding carboxylic acids is 2. The number of carbonyl (C=O) groups is 2. The molecular weight excluding hydrogens is 496 g/mol. The van der Waals surface area contributed by atoms with Gasteiger partial charge in [0.05, 0.1) is 6.61 Å². The molecule has 3 saturated heterocycles. The summed E-state index contributed by atoms with van der Waals surface area (Å²) in [6.45, 7) is 19.0. The van der Waals surface area contributed by atoms with Crippen molar-refractivity contribution >= 4 is 11.9 Å². The van der Waals surface area contributed by atoms with Gasteiger partial charge in [-0.2, -0.15) is 0 Å². The van der Waals surface area contributed by atoms with E-state index in [4.69, 9.17) is 37.9 Å². The zero-order chi connectivity index (χ0) is 28.5. The van der Waals surface area contributed by atoms with E-state index in [0.717, 1.165) is 12.8 Å². The molecule has 3 aliphatic heterocycles. The summed E-state index contributed by atoms with van der Waals surface area (Å²) in [7, 11) is 0. The molecule has 0 aliphatic carbocycles. The Morgan fingerprint density at radius 1 is 0.737 bits per heavy atom. The van der Waals surface area contributed by atoms with Gasteiger partial charge in [-0.15, -0.1) is 0 Å². The van der Waals surface area contributed by atoms with Gasteiger partial charge >= 0.3 is 11.9 Å². The van der Waals surface area contributed by atoms with Crippen molar-refractivity contribution in [1.82, 2.24) is 0 Å². The van der Waals surface area contributed by atoms with Gasteiger partial charge < -0.3 is 37.9 Å². The normalized spacial score (nSPS) is 30.1. The fraction of sp³-hybridized carbons (Fsp3) is 0.929. The van der Waals surface area contributed by atoms with Crippen LogP contribution < -0.4 is 0 Å². The number of rotatable bonds is 10. The summed E-state index contributed by atoms with van der Waals surface area (Å²) in [4.78, 5) is 25.4. The first-order valence-corrected chi connectivity index (χ1v) is 13.8. The summed E-state index contributed by atoms with van der Waals surface area (Å²) >= 11 is 0. The second-order valence-electron chi connectivity index (χ2n) is 13.3.